The zero-order valence-electron chi connectivity index (χ0n) is 12.2. The normalized spacial score (nSPS) is 11.8. The molecule has 0 aliphatic heterocycles. The first kappa shape index (κ1) is 15.0. The molecule has 6 heteroatoms. The summed E-state index contributed by atoms with van der Waals surface area (Å²) in [5.41, 5.74) is -0.552. The van der Waals surface area contributed by atoms with E-state index in [0.29, 0.717) is 5.56 Å². The topological polar surface area (TPSA) is 79.9 Å². The molecule has 1 rings (SSSR count). The molecule has 1 amide bonds. The average molecular weight is 264 g/mol. The molecule has 0 aliphatic carbocycles. The van der Waals surface area contributed by atoms with E-state index in [9.17, 15) is 4.79 Å². The van der Waals surface area contributed by atoms with Crippen molar-refractivity contribution in [3.05, 3.63) is 11.8 Å². The third-order valence-electron chi connectivity index (χ3n) is 2.14. The lowest BCUT2D eigenvalue weighted by molar-refractivity contribution is 0.0635. The summed E-state index contributed by atoms with van der Waals surface area (Å²) in [6.45, 7) is 11.2. The van der Waals surface area contributed by atoms with Crippen molar-refractivity contribution in [2.45, 2.75) is 52.7 Å². The number of amides is 1. The smallest absolute Gasteiger partial charge is 0.413 e. The Bertz CT molecular complexity index is 512. The summed E-state index contributed by atoms with van der Waals surface area (Å²) in [4.78, 5) is 11.7. The van der Waals surface area contributed by atoms with Gasteiger partial charge in [0, 0.05) is 6.20 Å². The van der Waals surface area contributed by atoms with Crippen molar-refractivity contribution in [1.29, 1.82) is 5.26 Å². The van der Waals surface area contributed by atoms with E-state index < -0.39 is 11.7 Å². The first-order valence-electron chi connectivity index (χ1n) is 6.03. The fraction of sp³-hybridized carbons (Fsp3) is 0.615. The van der Waals surface area contributed by atoms with Crippen LogP contribution >= 0.6 is 0 Å². The molecule has 0 unspecified atom stereocenters. The van der Waals surface area contributed by atoms with Gasteiger partial charge in [0.05, 0.1) is 5.54 Å². The summed E-state index contributed by atoms with van der Waals surface area (Å²) < 4.78 is 6.76. The number of nitrogens with one attached hydrogen (secondary N) is 1. The number of hydrogen-bond acceptors (Lipinski definition) is 4. The lowest BCUT2D eigenvalue weighted by Crippen LogP contribution is -2.28. The van der Waals surface area contributed by atoms with E-state index in [1.165, 1.54) is 0 Å². The molecule has 1 aromatic rings. The van der Waals surface area contributed by atoms with Crippen LogP contribution in [0.4, 0.5) is 10.6 Å². The predicted molar refractivity (Wildman–Crippen MR) is 71.8 cm³/mol. The van der Waals surface area contributed by atoms with Gasteiger partial charge in [0.25, 0.3) is 0 Å². The minimum Gasteiger partial charge on any atom is -0.444 e. The fourth-order valence-electron chi connectivity index (χ4n) is 1.29. The maximum Gasteiger partial charge on any atom is 0.413 e. The van der Waals surface area contributed by atoms with E-state index in [1.807, 2.05) is 26.8 Å². The molecule has 1 N–H and O–H groups in total. The van der Waals surface area contributed by atoms with Gasteiger partial charge >= 0.3 is 6.09 Å². The molecule has 0 atom stereocenters. The standard InChI is InChI=1S/C13H20N4O2/c1-12(2,3)17-8-9(7-14)10(16-17)15-11(18)19-13(4,5)6/h8H,1-6H3,(H,15,16,18). The number of nitriles is 1. The number of aromatic nitrogens is 2. The van der Waals surface area contributed by atoms with Crippen molar-refractivity contribution in [3.63, 3.8) is 0 Å². The zero-order valence-corrected chi connectivity index (χ0v) is 12.2. The molecule has 1 aromatic heterocycles. The molecule has 1 heterocycles. The Balaban J connectivity index is 2.93. The van der Waals surface area contributed by atoms with Crippen molar-refractivity contribution < 1.29 is 9.53 Å². The van der Waals surface area contributed by atoms with E-state index in [4.69, 9.17) is 10.00 Å². The van der Waals surface area contributed by atoms with Crippen LogP contribution in [0, 0.1) is 11.3 Å². The van der Waals surface area contributed by atoms with Crippen molar-refractivity contribution in [2.24, 2.45) is 0 Å². The van der Waals surface area contributed by atoms with Crippen LogP contribution in [0.25, 0.3) is 0 Å². The molecule has 0 spiro atoms. The van der Waals surface area contributed by atoms with Crippen molar-refractivity contribution in [1.82, 2.24) is 9.78 Å². The minimum atomic E-state index is -0.622. The molecule has 0 aliphatic rings. The van der Waals surface area contributed by atoms with Gasteiger partial charge in [-0.05, 0) is 41.5 Å². The molecule has 0 aromatic carbocycles. The first-order valence-corrected chi connectivity index (χ1v) is 6.03. The molecule has 0 fully saturated rings. The Kier molecular flexibility index (Phi) is 3.89. The van der Waals surface area contributed by atoms with Gasteiger partial charge in [0.1, 0.15) is 17.2 Å². The summed E-state index contributed by atoms with van der Waals surface area (Å²) in [6.07, 6.45) is 0.982. The van der Waals surface area contributed by atoms with Gasteiger partial charge in [0.15, 0.2) is 5.82 Å². The van der Waals surface area contributed by atoms with Crippen LogP contribution in [-0.4, -0.2) is 21.5 Å². The largest absolute Gasteiger partial charge is 0.444 e. The molecule has 0 bridgehead atoms. The number of anilines is 1. The lowest BCUT2D eigenvalue weighted by Gasteiger charge is -2.20. The highest BCUT2D eigenvalue weighted by molar-refractivity contribution is 5.85. The van der Waals surface area contributed by atoms with Gasteiger partial charge in [-0.25, -0.2) is 4.79 Å². The number of nitrogens with zero attached hydrogens (tertiary/aromatic N) is 3. The van der Waals surface area contributed by atoms with Crippen LogP contribution in [0.1, 0.15) is 47.1 Å². The highest BCUT2D eigenvalue weighted by Gasteiger charge is 2.21. The maximum absolute atomic E-state index is 11.7. The Labute approximate surface area is 113 Å². The van der Waals surface area contributed by atoms with Crippen LogP contribution < -0.4 is 5.32 Å². The number of carbonyl (C=O) groups excluding carboxylic acids is 1. The van der Waals surface area contributed by atoms with Crippen molar-refractivity contribution in [2.75, 3.05) is 5.32 Å². The summed E-state index contributed by atoms with van der Waals surface area (Å²) in [5, 5.41) is 15.7. The highest BCUT2D eigenvalue weighted by atomic mass is 16.6. The van der Waals surface area contributed by atoms with Crippen LogP contribution in [-0.2, 0) is 10.3 Å². The third kappa shape index (κ3) is 4.28. The van der Waals surface area contributed by atoms with Gasteiger partial charge in [0.2, 0.25) is 0 Å². The Morgan fingerprint density at radius 3 is 2.37 bits per heavy atom. The number of rotatable bonds is 1. The average Bonchev–Trinajstić information content (AvgIpc) is 2.57. The van der Waals surface area contributed by atoms with E-state index in [1.54, 1.807) is 31.6 Å². The second-order valence-electron chi connectivity index (χ2n) is 6.25. The Hall–Kier alpha value is -2.03. The SMILES string of the molecule is CC(C)(C)OC(=O)Nc1nn(C(C)(C)C)cc1C#N. The molecular weight excluding hydrogens is 244 g/mol. The predicted octanol–water partition coefficient (Wildman–Crippen LogP) is 2.86. The second kappa shape index (κ2) is 4.92. The zero-order chi connectivity index (χ0) is 14.8. The molecule has 0 saturated heterocycles. The van der Waals surface area contributed by atoms with Crippen molar-refractivity contribution in [3.8, 4) is 6.07 Å². The van der Waals surface area contributed by atoms with Gasteiger partial charge in [-0.15, -0.1) is 0 Å². The number of carbonyl (C=O) groups is 1. The minimum absolute atomic E-state index is 0.215. The monoisotopic (exact) mass is 264 g/mol. The molecule has 104 valence electrons. The summed E-state index contributed by atoms with van der Waals surface area (Å²) in [6, 6.07) is 2.00. The first-order chi connectivity index (χ1) is 8.53. The van der Waals surface area contributed by atoms with Crippen LogP contribution in [0.2, 0.25) is 0 Å². The quantitative estimate of drug-likeness (QED) is 0.845. The second-order valence-corrected chi connectivity index (χ2v) is 6.25. The van der Waals surface area contributed by atoms with E-state index in [0.717, 1.165) is 0 Å². The van der Waals surface area contributed by atoms with Gasteiger partial charge in [-0.2, -0.15) is 10.4 Å². The fourth-order valence-corrected chi connectivity index (χ4v) is 1.29. The number of ether oxygens (including phenoxy) is 1. The summed E-state index contributed by atoms with van der Waals surface area (Å²) in [5.74, 6) is 0.215. The molecule has 0 saturated carbocycles. The third-order valence-corrected chi connectivity index (χ3v) is 2.14. The molecule has 6 nitrogen and oxygen atoms in total. The molecule has 0 radical (unpaired) electrons. The summed E-state index contributed by atoms with van der Waals surface area (Å²) in [7, 11) is 0. The molecule has 19 heavy (non-hydrogen) atoms. The maximum atomic E-state index is 11.7. The van der Waals surface area contributed by atoms with Gasteiger partial charge in [-0.1, -0.05) is 0 Å². The van der Waals surface area contributed by atoms with Gasteiger partial charge in [-0.3, -0.25) is 10.00 Å². The number of hydrogen-bond donors (Lipinski definition) is 1. The van der Waals surface area contributed by atoms with Crippen molar-refractivity contribution >= 4 is 11.9 Å². The van der Waals surface area contributed by atoms with E-state index in [2.05, 4.69) is 10.4 Å². The summed E-state index contributed by atoms with van der Waals surface area (Å²) >= 11 is 0. The Morgan fingerprint density at radius 1 is 1.37 bits per heavy atom. The van der Waals surface area contributed by atoms with Gasteiger partial charge < -0.3 is 4.74 Å². The van der Waals surface area contributed by atoms with E-state index >= 15 is 0 Å². The lowest BCUT2D eigenvalue weighted by atomic mass is 10.1. The Morgan fingerprint density at radius 2 is 1.95 bits per heavy atom. The molecular formula is C13H20N4O2. The van der Waals surface area contributed by atoms with Crippen LogP contribution in [0.5, 0.6) is 0 Å². The van der Waals surface area contributed by atoms with Crippen LogP contribution in [0.15, 0.2) is 6.20 Å². The van der Waals surface area contributed by atoms with Crippen LogP contribution in [0.3, 0.4) is 0 Å². The van der Waals surface area contributed by atoms with E-state index in [-0.39, 0.29) is 11.4 Å². The highest BCUT2D eigenvalue weighted by Crippen LogP contribution is 2.20.